The molecule has 0 aromatic heterocycles. The number of carbonyl (C=O) groups is 1. The number of nitrogens with zero attached hydrogens (tertiary/aromatic N) is 2. The number of amides is 1. The summed E-state index contributed by atoms with van der Waals surface area (Å²) in [6, 6.07) is 14.3. The molecule has 1 aliphatic rings. The Labute approximate surface area is 188 Å². The van der Waals surface area contributed by atoms with Crippen molar-refractivity contribution in [3.8, 4) is 0 Å². The molecular weight excluding hydrogens is 436 g/mol. The highest BCUT2D eigenvalue weighted by atomic mass is 35.5. The molecule has 3 rings (SSSR count). The van der Waals surface area contributed by atoms with Crippen LogP contribution in [0.3, 0.4) is 0 Å². The third kappa shape index (κ3) is 5.44. The van der Waals surface area contributed by atoms with Crippen molar-refractivity contribution in [2.75, 3.05) is 26.2 Å². The second kappa shape index (κ2) is 10.3. The molecule has 0 radical (unpaired) electrons. The summed E-state index contributed by atoms with van der Waals surface area (Å²) < 4.78 is 26.7. The van der Waals surface area contributed by atoms with E-state index in [1.165, 1.54) is 6.07 Å². The van der Waals surface area contributed by atoms with E-state index in [2.05, 4.69) is 33.8 Å². The van der Waals surface area contributed by atoms with E-state index in [0.29, 0.717) is 17.1 Å². The van der Waals surface area contributed by atoms with E-state index in [1.807, 2.05) is 24.3 Å². The molecule has 0 saturated heterocycles. The summed E-state index contributed by atoms with van der Waals surface area (Å²) in [5, 5.41) is 3.64. The zero-order chi connectivity index (χ0) is 22.4. The van der Waals surface area contributed by atoms with E-state index < -0.39 is 10.0 Å². The van der Waals surface area contributed by atoms with Crippen LogP contribution in [0, 0.1) is 0 Å². The van der Waals surface area contributed by atoms with Gasteiger partial charge in [0.15, 0.2) is 0 Å². The fourth-order valence-corrected chi connectivity index (χ4v) is 5.18. The summed E-state index contributed by atoms with van der Waals surface area (Å²) in [5.41, 5.74) is 1.51. The van der Waals surface area contributed by atoms with Crippen LogP contribution in [-0.2, 0) is 14.8 Å². The fraction of sp³-hybridized carbons (Fsp3) is 0.364. The molecule has 1 amide bonds. The van der Waals surface area contributed by atoms with Crippen molar-refractivity contribution in [2.24, 2.45) is 4.99 Å². The van der Waals surface area contributed by atoms with Gasteiger partial charge in [0.05, 0.1) is 17.5 Å². The number of benzene rings is 2. The van der Waals surface area contributed by atoms with E-state index in [9.17, 15) is 13.2 Å². The summed E-state index contributed by atoms with van der Waals surface area (Å²) in [6.45, 7) is 6.42. The number of amidine groups is 1. The van der Waals surface area contributed by atoms with Crippen molar-refractivity contribution >= 4 is 33.4 Å². The fourth-order valence-electron chi connectivity index (χ4n) is 3.66. The number of likely N-dealkylation sites (N-methyl/N-ethyl adjacent to an activating group) is 1. The Hall–Kier alpha value is -2.42. The summed E-state index contributed by atoms with van der Waals surface area (Å²) >= 11 is 6.40. The van der Waals surface area contributed by atoms with Gasteiger partial charge in [0.1, 0.15) is 5.84 Å². The minimum atomic E-state index is -3.58. The topological polar surface area (TPSA) is 90.9 Å². The monoisotopic (exact) mass is 462 g/mol. The molecule has 1 heterocycles. The number of sulfonamides is 1. The van der Waals surface area contributed by atoms with Crippen LogP contribution in [0.2, 0.25) is 5.02 Å². The van der Waals surface area contributed by atoms with Gasteiger partial charge in [-0.25, -0.2) is 8.42 Å². The molecular formula is C22H27ClN4O3S. The van der Waals surface area contributed by atoms with Crippen molar-refractivity contribution in [1.82, 2.24) is 14.9 Å². The lowest BCUT2D eigenvalue weighted by atomic mass is 10.0. The lowest BCUT2D eigenvalue weighted by Crippen LogP contribution is -2.38. The summed E-state index contributed by atoms with van der Waals surface area (Å²) in [6.07, 6.45) is 0.154. The van der Waals surface area contributed by atoms with Gasteiger partial charge >= 0.3 is 0 Å². The van der Waals surface area contributed by atoms with Gasteiger partial charge in [-0.15, -0.1) is 0 Å². The number of carbonyl (C=O) groups excluding carboxylic acids is 1. The van der Waals surface area contributed by atoms with Gasteiger partial charge in [-0.2, -0.15) is 0 Å². The number of fused-ring (bicyclic) bond motifs is 1. The van der Waals surface area contributed by atoms with E-state index in [0.717, 1.165) is 18.7 Å². The number of rotatable bonds is 9. The predicted octanol–water partition coefficient (Wildman–Crippen LogP) is 2.97. The molecule has 166 valence electrons. The summed E-state index contributed by atoms with van der Waals surface area (Å²) in [4.78, 5) is 19.2. The Balaban J connectivity index is 1.62. The molecule has 0 bridgehead atoms. The molecule has 0 saturated carbocycles. The molecule has 1 atom stereocenters. The van der Waals surface area contributed by atoms with E-state index >= 15 is 0 Å². The molecule has 0 unspecified atom stereocenters. The maximum Gasteiger partial charge on any atom is 0.263 e. The van der Waals surface area contributed by atoms with Crippen LogP contribution in [0.4, 0.5) is 0 Å². The van der Waals surface area contributed by atoms with Crippen molar-refractivity contribution in [3.63, 3.8) is 0 Å². The Morgan fingerprint density at radius 2 is 1.81 bits per heavy atom. The van der Waals surface area contributed by atoms with Gasteiger partial charge in [-0.05, 0) is 36.9 Å². The van der Waals surface area contributed by atoms with Gasteiger partial charge in [0.2, 0.25) is 5.91 Å². The van der Waals surface area contributed by atoms with Crippen LogP contribution < -0.4 is 10.0 Å². The van der Waals surface area contributed by atoms with Crippen molar-refractivity contribution in [1.29, 1.82) is 0 Å². The molecule has 1 aliphatic heterocycles. The van der Waals surface area contributed by atoms with Crippen molar-refractivity contribution in [3.05, 3.63) is 64.7 Å². The van der Waals surface area contributed by atoms with E-state index in [-0.39, 0.29) is 35.6 Å². The molecule has 2 aromatic carbocycles. The number of nitrogens with one attached hydrogen (secondary N) is 2. The van der Waals surface area contributed by atoms with Crippen LogP contribution in [0.25, 0.3) is 0 Å². The average Bonchev–Trinajstić information content (AvgIpc) is 3.02. The zero-order valence-electron chi connectivity index (χ0n) is 17.6. The SMILES string of the molecule is CCN(CC)[C@@H](CNC(=O)CCN=C1NS(=O)(=O)c2ccccc21)c1ccccc1Cl. The summed E-state index contributed by atoms with van der Waals surface area (Å²) in [5.74, 6) is 0.128. The lowest BCUT2D eigenvalue weighted by molar-refractivity contribution is -0.121. The Kier molecular flexibility index (Phi) is 7.69. The van der Waals surface area contributed by atoms with Gasteiger partial charge in [0.25, 0.3) is 10.0 Å². The zero-order valence-corrected chi connectivity index (χ0v) is 19.2. The smallest absolute Gasteiger partial charge is 0.263 e. The van der Waals surface area contributed by atoms with E-state index in [4.69, 9.17) is 11.6 Å². The minimum Gasteiger partial charge on any atom is -0.354 e. The third-order valence-corrected chi connectivity index (χ3v) is 7.02. The Morgan fingerprint density at radius 3 is 2.52 bits per heavy atom. The highest BCUT2D eigenvalue weighted by molar-refractivity contribution is 7.90. The average molecular weight is 463 g/mol. The second-order valence-electron chi connectivity index (χ2n) is 7.14. The number of aliphatic imine (C=N–C) groups is 1. The first-order valence-corrected chi connectivity index (χ1v) is 12.1. The minimum absolute atomic E-state index is 0.0347. The highest BCUT2D eigenvalue weighted by Gasteiger charge is 2.30. The van der Waals surface area contributed by atoms with Gasteiger partial charge in [0, 0.05) is 23.6 Å². The molecule has 0 spiro atoms. The van der Waals surface area contributed by atoms with Crippen LogP contribution >= 0.6 is 11.6 Å². The molecule has 7 nitrogen and oxygen atoms in total. The quantitative estimate of drug-likeness (QED) is 0.599. The van der Waals surface area contributed by atoms with E-state index in [1.54, 1.807) is 18.2 Å². The first-order chi connectivity index (χ1) is 14.9. The standard InChI is InChI=1S/C22H27ClN4O3S/c1-3-27(4-2)19(16-9-5-7-11-18(16)23)15-25-21(28)13-14-24-22-17-10-6-8-12-20(17)31(29,30)26-22/h5-12,19H,3-4,13-15H2,1-2H3,(H,24,26)(H,25,28)/t19-/m0/s1. The lowest BCUT2D eigenvalue weighted by Gasteiger charge is -2.30. The highest BCUT2D eigenvalue weighted by Crippen LogP contribution is 2.27. The van der Waals surface area contributed by atoms with Crippen molar-refractivity contribution < 1.29 is 13.2 Å². The molecule has 0 aliphatic carbocycles. The number of halogens is 1. The number of hydrogen-bond donors (Lipinski definition) is 2. The van der Waals surface area contributed by atoms with Crippen LogP contribution in [0.1, 0.15) is 37.4 Å². The Bertz CT molecular complexity index is 1070. The maximum absolute atomic E-state index is 12.4. The predicted molar refractivity (Wildman–Crippen MR) is 123 cm³/mol. The molecule has 2 N–H and O–H groups in total. The van der Waals surface area contributed by atoms with Gasteiger partial charge < -0.3 is 5.32 Å². The second-order valence-corrected chi connectivity index (χ2v) is 9.20. The first-order valence-electron chi connectivity index (χ1n) is 10.3. The van der Waals surface area contributed by atoms with Crippen LogP contribution in [0.5, 0.6) is 0 Å². The largest absolute Gasteiger partial charge is 0.354 e. The maximum atomic E-state index is 12.4. The normalized spacial score (nSPS) is 16.7. The molecule has 0 fully saturated rings. The summed E-state index contributed by atoms with van der Waals surface area (Å²) in [7, 11) is -3.58. The first kappa shape index (κ1) is 23.2. The molecule has 31 heavy (non-hydrogen) atoms. The third-order valence-electron chi connectivity index (χ3n) is 5.28. The number of hydrogen-bond acceptors (Lipinski definition) is 5. The van der Waals surface area contributed by atoms with Crippen LogP contribution in [-0.4, -0.2) is 51.2 Å². The molecule has 9 heteroatoms. The van der Waals surface area contributed by atoms with Crippen LogP contribution in [0.15, 0.2) is 58.4 Å². The van der Waals surface area contributed by atoms with Gasteiger partial charge in [-0.3, -0.25) is 19.4 Å². The Morgan fingerprint density at radius 1 is 1.13 bits per heavy atom. The van der Waals surface area contributed by atoms with Crippen molar-refractivity contribution in [2.45, 2.75) is 31.2 Å². The molecule has 2 aromatic rings. The van der Waals surface area contributed by atoms with Gasteiger partial charge in [-0.1, -0.05) is 55.8 Å².